The summed E-state index contributed by atoms with van der Waals surface area (Å²) in [6, 6.07) is 15.2. The molecule has 1 aliphatic rings. The molecule has 5 nitrogen and oxygen atoms in total. The normalized spacial score (nSPS) is 16.4. The third-order valence-electron chi connectivity index (χ3n) is 5.03. The van der Waals surface area contributed by atoms with Gasteiger partial charge in [-0.15, -0.1) is 0 Å². The fourth-order valence-corrected chi connectivity index (χ4v) is 3.60. The van der Waals surface area contributed by atoms with Crippen LogP contribution in [-0.4, -0.2) is 43.7 Å². The lowest BCUT2D eigenvalue weighted by Gasteiger charge is -2.29. The smallest absolute Gasteiger partial charge is 0.260 e. The molecular weight excluding hydrogens is 376 g/mol. The van der Waals surface area contributed by atoms with E-state index in [1.165, 1.54) is 12.8 Å². The maximum Gasteiger partial charge on any atom is 0.260 e. The summed E-state index contributed by atoms with van der Waals surface area (Å²) >= 11 is 5.89. The monoisotopic (exact) mass is 402 g/mol. The van der Waals surface area contributed by atoms with E-state index in [1.54, 1.807) is 38.3 Å². The summed E-state index contributed by atoms with van der Waals surface area (Å²) in [5.41, 5.74) is 1.15. The number of benzene rings is 2. The zero-order valence-corrected chi connectivity index (χ0v) is 17.1. The van der Waals surface area contributed by atoms with Gasteiger partial charge < -0.3 is 14.8 Å². The number of halogens is 1. The summed E-state index contributed by atoms with van der Waals surface area (Å²) < 4.78 is 11.1. The van der Waals surface area contributed by atoms with E-state index in [2.05, 4.69) is 16.3 Å². The Morgan fingerprint density at radius 3 is 2.54 bits per heavy atom. The van der Waals surface area contributed by atoms with Gasteiger partial charge in [0.1, 0.15) is 11.5 Å². The second kappa shape index (κ2) is 9.80. The molecule has 150 valence electrons. The molecule has 1 aliphatic heterocycles. The number of methoxy groups -OCH3 is 1. The number of carbonyl (C=O) groups excluding carboxylic acids is 1. The number of amides is 1. The van der Waals surface area contributed by atoms with Crippen molar-refractivity contribution < 1.29 is 14.3 Å². The van der Waals surface area contributed by atoms with Gasteiger partial charge in [-0.2, -0.15) is 0 Å². The molecule has 6 heteroatoms. The van der Waals surface area contributed by atoms with E-state index in [0.717, 1.165) is 24.4 Å². The number of hydrogen-bond acceptors (Lipinski definition) is 4. The van der Waals surface area contributed by atoms with Crippen LogP contribution in [0, 0.1) is 0 Å². The molecule has 1 fully saturated rings. The first-order valence-corrected chi connectivity index (χ1v) is 10.0. The van der Waals surface area contributed by atoms with Crippen molar-refractivity contribution in [3.8, 4) is 11.5 Å². The van der Waals surface area contributed by atoms with Crippen LogP contribution in [0.2, 0.25) is 5.02 Å². The third kappa shape index (κ3) is 5.40. The predicted octanol–water partition coefficient (Wildman–Crippen LogP) is 4.07. The Morgan fingerprint density at radius 2 is 1.86 bits per heavy atom. The molecule has 0 aromatic heterocycles. The van der Waals surface area contributed by atoms with Gasteiger partial charge in [0.25, 0.3) is 5.91 Å². The van der Waals surface area contributed by atoms with Crippen molar-refractivity contribution in [2.45, 2.75) is 31.9 Å². The van der Waals surface area contributed by atoms with Crippen molar-refractivity contribution >= 4 is 17.5 Å². The van der Waals surface area contributed by atoms with Crippen LogP contribution in [0.25, 0.3) is 0 Å². The van der Waals surface area contributed by atoms with Crippen LogP contribution in [0.4, 0.5) is 0 Å². The largest absolute Gasteiger partial charge is 0.497 e. The van der Waals surface area contributed by atoms with Crippen molar-refractivity contribution in [1.29, 1.82) is 0 Å². The minimum Gasteiger partial charge on any atom is -0.497 e. The van der Waals surface area contributed by atoms with Crippen LogP contribution in [0.1, 0.15) is 31.4 Å². The van der Waals surface area contributed by atoms with Crippen LogP contribution in [0.3, 0.4) is 0 Å². The first-order chi connectivity index (χ1) is 13.6. The molecule has 0 spiro atoms. The molecule has 0 unspecified atom stereocenters. The van der Waals surface area contributed by atoms with Crippen molar-refractivity contribution in [3.63, 3.8) is 0 Å². The number of ether oxygens (including phenoxy) is 2. The molecular formula is C22H27ClN2O3. The van der Waals surface area contributed by atoms with E-state index in [4.69, 9.17) is 21.1 Å². The number of rotatable bonds is 8. The molecule has 1 saturated heterocycles. The van der Waals surface area contributed by atoms with E-state index in [1.807, 2.05) is 18.2 Å². The highest BCUT2D eigenvalue weighted by molar-refractivity contribution is 6.30. The fourth-order valence-electron chi connectivity index (χ4n) is 3.47. The first-order valence-electron chi connectivity index (χ1n) is 9.65. The van der Waals surface area contributed by atoms with Gasteiger partial charge >= 0.3 is 0 Å². The molecule has 3 rings (SSSR count). The Kier molecular flexibility index (Phi) is 7.18. The lowest BCUT2D eigenvalue weighted by molar-refractivity contribution is -0.127. The summed E-state index contributed by atoms with van der Waals surface area (Å²) in [5, 5.41) is 3.69. The molecule has 2 atom stereocenters. The highest BCUT2D eigenvalue weighted by Gasteiger charge is 2.25. The van der Waals surface area contributed by atoms with E-state index in [0.29, 0.717) is 17.3 Å². The van der Waals surface area contributed by atoms with Gasteiger partial charge in [-0.3, -0.25) is 9.69 Å². The molecule has 2 aromatic rings. The molecule has 0 bridgehead atoms. The SMILES string of the molecule is COc1cccc([C@@H](CNC(=O)[C@H](C)Oc2ccc(Cl)cc2)N2CCCC2)c1. The summed E-state index contributed by atoms with van der Waals surface area (Å²) in [7, 11) is 1.67. The maximum atomic E-state index is 12.6. The Hall–Kier alpha value is -2.24. The molecule has 1 heterocycles. The number of nitrogens with one attached hydrogen (secondary N) is 1. The first kappa shape index (κ1) is 20.5. The van der Waals surface area contributed by atoms with Crippen LogP contribution >= 0.6 is 11.6 Å². The van der Waals surface area contributed by atoms with Gasteiger partial charge in [0.15, 0.2) is 6.10 Å². The summed E-state index contributed by atoms with van der Waals surface area (Å²) in [6.45, 7) is 4.35. The Labute approximate surface area is 171 Å². The quantitative estimate of drug-likeness (QED) is 0.723. The van der Waals surface area contributed by atoms with Gasteiger partial charge in [-0.25, -0.2) is 0 Å². The standard InChI is InChI=1S/C22H27ClN2O3/c1-16(28-19-10-8-18(23)9-11-19)22(26)24-15-21(25-12-3-4-13-25)17-6-5-7-20(14-17)27-2/h5-11,14,16,21H,3-4,12-13,15H2,1-2H3,(H,24,26)/t16-,21+/m0/s1. The summed E-state index contributed by atoms with van der Waals surface area (Å²) in [5.74, 6) is 1.31. The Bertz CT molecular complexity index is 776. The van der Waals surface area contributed by atoms with Crippen molar-refractivity contribution in [3.05, 3.63) is 59.1 Å². The average Bonchev–Trinajstić information content (AvgIpc) is 3.24. The molecule has 1 amide bonds. The second-order valence-electron chi connectivity index (χ2n) is 6.99. The molecule has 0 radical (unpaired) electrons. The van der Waals surface area contributed by atoms with E-state index >= 15 is 0 Å². The van der Waals surface area contributed by atoms with Gasteiger partial charge in [0, 0.05) is 11.6 Å². The molecule has 1 N–H and O–H groups in total. The van der Waals surface area contributed by atoms with Crippen molar-refractivity contribution in [2.24, 2.45) is 0 Å². The van der Waals surface area contributed by atoms with E-state index in [-0.39, 0.29) is 11.9 Å². The fraction of sp³-hybridized carbons (Fsp3) is 0.409. The minimum absolute atomic E-state index is 0.115. The highest BCUT2D eigenvalue weighted by atomic mass is 35.5. The zero-order valence-electron chi connectivity index (χ0n) is 16.4. The molecule has 2 aromatic carbocycles. The third-order valence-corrected chi connectivity index (χ3v) is 5.28. The molecule has 0 saturated carbocycles. The van der Waals surface area contributed by atoms with Crippen LogP contribution in [0.15, 0.2) is 48.5 Å². The number of likely N-dealkylation sites (tertiary alicyclic amines) is 1. The van der Waals surface area contributed by atoms with Gasteiger partial charge in [-0.05, 0) is 74.8 Å². The number of carbonyl (C=O) groups is 1. The van der Waals surface area contributed by atoms with E-state index < -0.39 is 6.10 Å². The minimum atomic E-state index is -0.592. The second-order valence-corrected chi connectivity index (χ2v) is 7.43. The number of nitrogens with zero attached hydrogens (tertiary/aromatic N) is 1. The number of hydrogen-bond donors (Lipinski definition) is 1. The Morgan fingerprint density at radius 1 is 1.14 bits per heavy atom. The lowest BCUT2D eigenvalue weighted by atomic mass is 10.0. The maximum absolute atomic E-state index is 12.6. The summed E-state index contributed by atoms with van der Waals surface area (Å²) in [4.78, 5) is 15.0. The zero-order chi connectivity index (χ0) is 19.9. The molecule has 0 aliphatic carbocycles. The van der Waals surface area contributed by atoms with Crippen LogP contribution < -0.4 is 14.8 Å². The highest BCUT2D eigenvalue weighted by Crippen LogP contribution is 2.27. The van der Waals surface area contributed by atoms with E-state index in [9.17, 15) is 4.79 Å². The Balaban J connectivity index is 1.63. The molecule has 28 heavy (non-hydrogen) atoms. The van der Waals surface area contributed by atoms with Gasteiger partial charge in [0.05, 0.1) is 13.2 Å². The lowest BCUT2D eigenvalue weighted by Crippen LogP contribution is -2.42. The average molecular weight is 403 g/mol. The van der Waals surface area contributed by atoms with Gasteiger partial charge in [0.2, 0.25) is 0 Å². The predicted molar refractivity (Wildman–Crippen MR) is 111 cm³/mol. The van der Waals surface area contributed by atoms with Crippen molar-refractivity contribution in [2.75, 3.05) is 26.7 Å². The van der Waals surface area contributed by atoms with Crippen LogP contribution in [0.5, 0.6) is 11.5 Å². The van der Waals surface area contributed by atoms with Crippen molar-refractivity contribution in [1.82, 2.24) is 10.2 Å². The summed E-state index contributed by atoms with van der Waals surface area (Å²) in [6.07, 6.45) is 1.78. The van der Waals surface area contributed by atoms with Gasteiger partial charge in [-0.1, -0.05) is 23.7 Å². The van der Waals surface area contributed by atoms with Crippen LogP contribution in [-0.2, 0) is 4.79 Å². The topological polar surface area (TPSA) is 50.8 Å².